The summed E-state index contributed by atoms with van der Waals surface area (Å²) in [5.74, 6) is 0. The van der Waals surface area contributed by atoms with Crippen LogP contribution in [0.5, 0.6) is 0 Å². The van der Waals surface area contributed by atoms with Gasteiger partial charge in [-0.2, -0.15) is 0 Å². The van der Waals surface area contributed by atoms with Gasteiger partial charge < -0.3 is 13.7 Å². The van der Waals surface area contributed by atoms with Crippen LogP contribution < -0.4 is 0 Å². The second-order valence-corrected chi connectivity index (χ2v) is 14.9. The first-order valence-electron chi connectivity index (χ1n) is 19.6. The van der Waals surface area contributed by atoms with Crippen molar-refractivity contribution in [2.45, 2.75) is 0 Å². The van der Waals surface area contributed by atoms with Gasteiger partial charge in [-0.05, 0) is 95.1 Å². The highest BCUT2D eigenvalue weighted by molar-refractivity contribution is 6.29. The van der Waals surface area contributed by atoms with Crippen molar-refractivity contribution in [3.8, 4) is 39.3 Å². The lowest BCUT2D eigenvalue weighted by Crippen LogP contribution is -1.96. The molecule has 0 spiro atoms. The van der Waals surface area contributed by atoms with Crippen LogP contribution in [0.15, 0.2) is 212 Å². The molecule has 3 nitrogen and oxygen atoms in total. The van der Waals surface area contributed by atoms with E-state index < -0.39 is 0 Å². The van der Waals surface area contributed by atoms with Crippen molar-refractivity contribution in [3.63, 3.8) is 0 Å². The molecule has 3 heteroatoms. The highest BCUT2D eigenvalue weighted by atomic mass is 15.0. The number of benzene rings is 9. The van der Waals surface area contributed by atoms with Gasteiger partial charge >= 0.3 is 0 Å². The Bertz CT molecular complexity index is 3440. The van der Waals surface area contributed by atoms with E-state index in [1.54, 1.807) is 0 Å². The van der Waals surface area contributed by atoms with E-state index in [9.17, 15) is 0 Å². The Balaban J connectivity index is 1.00. The van der Waals surface area contributed by atoms with Crippen LogP contribution in [-0.2, 0) is 0 Å². The van der Waals surface area contributed by atoms with Gasteiger partial charge in [0, 0.05) is 49.4 Å². The van der Waals surface area contributed by atoms with Crippen LogP contribution in [-0.4, -0.2) is 13.7 Å². The maximum Gasteiger partial charge on any atom is 0.0548 e. The third-order valence-electron chi connectivity index (χ3n) is 11.8. The lowest BCUT2D eigenvalue weighted by molar-refractivity contribution is 1.17. The second kappa shape index (κ2) is 12.5. The van der Waals surface area contributed by atoms with E-state index in [0.717, 1.165) is 17.1 Å². The molecule has 0 unspecified atom stereocenters. The lowest BCUT2D eigenvalue weighted by Gasteiger charge is -2.12. The Morgan fingerprint density at radius 3 is 1.11 bits per heavy atom. The first-order valence-corrected chi connectivity index (χ1v) is 19.6. The predicted molar refractivity (Wildman–Crippen MR) is 240 cm³/mol. The standard InChI is InChI=1S/C54H35N3/c1-2-13-36(14-3-1)37-25-29-41(30-26-37)56-49-23-10-6-19-45(49)53-51(56)33-34-52-54(53)46-20-7-11-24-50(46)57(52)42-16-12-15-39(35-42)38-27-31-40(32-28-38)55-47-21-8-4-17-43(47)44-18-5-9-22-48(44)55/h1-35H. The van der Waals surface area contributed by atoms with E-state index in [0.29, 0.717) is 0 Å². The summed E-state index contributed by atoms with van der Waals surface area (Å²) in [5.41, 5.74) is 15.5. The Kier molecular flexibility index (Phi) is 6.93. The SMILES string of the molecule is c1ccc(-c2ccc(-n3c4ccccc4c4c5c6ccccc6n(-c6cccc(-c7ccc(-n8c9ccccc9c9ccccc98)cc7)c6)c5ccc43)cc2)cc1. The number of hydrogen-bond donors (Lipinski definition) is 0. The van der Waals surface area contributed by atoms with Crippen molar-refractivity contribution in [2.75, 3.05) is 0 Å². The molecule has 0 aliphatic carbocycles. The Labute approximate surface area is 329 Å². The molecule has 0 radical (unpaired) electrons. The fourth-order valence-electron chi connectivity index (χ4n) is 9.34. The maximum atomic E-state index is 2.45. The summed E-state index contributed by atoms with van der Waals surface area (Å²) < 4.78 is 7.25. The monoisotopic (exact) mass is 725 g/mol. The van der Waals surface area contributed by atoms with Gasteiger partial charge in [-0.3, -0.25) is 0 Å². The average Bonchev–Trinajstić information content (AvgIpc) is 3.93. The van der Waals surface area contributed by atoms with E-state index >= 15 is 0 Å². The lowest BCUT2D eigenvalue weighted by atomic mass is 10.0. The fraction of sp³-hybridized carbons (Fsp3) is 0. The quantitative estimate of drug-likeness (QED) is 0.168. The number of hydrogen-bond acceptors (Lipinski definition) is 0. The molecule has 57 heavy (non-hydrogen) atoms. The summed E-state index contributed by atoms with van der Waals surface area (Å²) in [6.45, 7) is 0. The highest BCUT2D eigenvalue weighted by Gasteiger charge is 2.21. The molecule has 0 amide bonds. The van der Waals surface area contributed by atoms with E-state index in [1.165, 1.54) is 87.7 Å². The number of nitrogens with zero attached hydrogens (tertiary/aromatic N) is 3. The van der Waals surface area contributed by atoms with Crippen molar-refractivity contribution in [3.05, 3.63) is 212 Å². The van der Waals surface area contributed by atoms with Gasteiger partial charge in [0.1, 0.15) is 0 Å². The van der Waals surface area contributed by atoms with Crippen LogP contribution in [0.2, 0.25) is 0 Å². The first-order chi connectivity index (χ1) is 28.3. The topological polar surface area (TPSA) is 14.8 Å². The maximum absolute atomic E-state index is 2.45. The second-order valence-electron chi connectivity index (χ2n) is 14.9. The molecule has 3 aromatic heterocycles. The van der Waals surface area contributed by atoms with E-state index in [4.69, 9.17) is 0 Å². The van der Waals surface area contributed by atoms with E-state index in [2.05, 4.69) is 226 Å². The number of aromatic nitrogens is 3. The summed E-state index contributed by atoms with van der Waals surface area (Å²) in [6, 6.07) is 77.3. The zero-order chi connectivity index (χ0) is 37.5. The van der Waals surface area contributed by atoms with Crippen molar-refractivity contribution in [2.24, 2.45) is 0 Å². The Hall–Kier alpha value is -7.62. The molecule has 266 valence electrons. The normalized spacial score (nSPS) is 11.9. The van der Waals surface area contributed by atoms with Crippen molar-refractivity contribution < 1.29 is 0 Å². The molecular formula is C54H35N3. The van der Waals surface area contributed by atoms with Crippen LogP contribution in [0.25, 0.3) is 105 Å². The van der Waals surface area contributed by atoms with Gasteiger partial charge in [-0.1, -0.05) is 140 Å². The zero-order valence-electron chi connectivity index (χ0n) is 31.0. The zero-order valence-corrected chi connectivity index (χ0v) is 31.0. The van der Waals surface area contributed by atoms with Gasteiger partial charge in [0.15, 0.2) is 0 Å². The summed E-state index contributed by atoms with van der Waals surface area (Å²) >= 11 is 0. The molecule has 0 N–H and O–H groups in total. The number of rotatable bonds is 5. The van der Waals surface area contributed by atoms with Crippen LogP contribution >= 0.6 is 0 Å². The third-order valence-corrected chi connectivity index (χ3v) is 11.8. The molecule has 0 saturated carbocycles. The van der Waals surface area contributed by atoms with Crippen LogP contribution in [0.4, 0.5) is 0 Å². The van der Waals surface area contributed by atoms with Gasteiger partial charge in [-0.25, -0.2) is 0 Å². The minimum Gasteiger partial charge on any atom is -0.309 e. The van der Waals surface area contributed by atoms with Gasteiger partial charge in [-0.15, -0.1) is 0 Å². The van der Waals surface area contributed by atoms with Crippen LogP contribution in [0, 0.1) is 0 Å². The molecule has 0 aliphatic heterocycles. The Morgan fingerprint density at radius 2 is 0.579 bits per heavy atom. The molecule has 9 aromatic carbocycles. The van der Waals surface area contributed by atoms with Crippen molar-refractivity contribution in [1.82, 2.24) is 13.7 Å². The molecule has 0 atom stereocenters. The molecule has 0 saturated heterocycles. The Morgan fingerprint density at radius 1 is 0.211 bits per heavy atom. The fourth-order valence-corrected chi connectivity index (χ4v) is 9.34. The molecule has 12 aromatic rings. The van der Waals surface area contributed by atoms with Gasteiger partial charge in [0.25, 0.3) is 0 Å². The minimum atomic E-state index is 1.14. The van der Waals surface area contributed by atoms with Crippen molar-refractivity contribution >= 4 is 65.4 Å². The van der Waals surface area contributed by atoms with Crippen molar-refractivity contribution in [1.29, 1.82) is 0 Å². The first kappa shape index (κ1) is 31.7. The summed E-state index contributed by atoms with van der Waals surface area (Å²) in [6.07, 6.45) is 0. The summed E-state index contributed by atoms with van der Waals surface area (Å²) in [7, 11) is 0. The van der Waals surface area contributed by atoms with E-state index in [1.807, 2.05) is 0 Å². The third kappa shape index (κ3) is 4.79. The summed E-state index contributed by atoms with van der Waals surface area (Å²) in [5, 5.41) is 7.61. The van der Waals surface area contributed by atoms with Gasteiger partial charge in [0.05, 0.1) is 33.1 Å². The molecule has 0 aliphatic rings. The number of para-hydroxylation sites is 4. The molecule has 3 heterocycles. The van der Waals surface area contributed by atoms with Crippen LogP contribution in [0.3, 0.4) is 0 Å². The molecule has 0 fully saturated rings. The van der Waals surface area contributed by atoms with Crippen LogP contribution in [0.1, 0.15) is 0 Å². The largest absolute Gasteiger partial charge is 0.309 e. The summed E-state index contributed by atoms with van der Waals surface area (Å²) in [4.78, 5) is 0. The van der Waals surface area contributed by atoms with Gasteiger partial charge in [0.2, 0.25) is 0 Å². The number of fused-ring (bicyclic) bond motifs is 10. The molecular weight excluding hydrogens is 691 g/mol. The molecule has 12 rings (SSSR count). The minimum absolute atomic E-state index is 1.14. The highest BCUT2D eigenvalue weighted by Crippen LogP contribution is 2.43. The van der Waals surface area contributed by atoms with E-state index in [-0.39, 0.29) is 0 Å². The predicted octanol–water partition coefficient (Wildman–Crippen LogP) is 14.3. The smallest absolute Gasteiger partial charge is 0.0548 e. The average molecular weight is 726 g/mol. The molecule has 0 bridgehead atoms.